The fourth-order valence-corrected chi connectivity index (χ4v) is 4.58. The number of aromatic nitrogens is 1. The predicted octanol–water partition coefficient (Wildman–Crippen LogP) is 4.29. The van der Waals surface area contributed by atoms with Gasteiger partial charge in [0.05, 0.1) is 4.90 Å². The van der Waals surface area contributed by atoms with Gasteiger partial charge in [-0.3, -0.25) is 0 Å². The number of hydrogen-bond acceptors (Lipinski definition) is 2. The number of sulfonamides is 1. The minimum absolute atomic E-state index is 0.160. The van der Waals surface area contributed by atoms with E-state index in [-0.39, 0.29) is 11.4 Å². The Bertz CT molecular complexity index is 949. The van der Waals surface area contributed by atoms with Crippen LogP contribution in [0.2, 0.25) is 0 Å². The van der Waals surface area contributed by atoms with Crippen LogP contribution in [0.15, 0.2) is 65.7 Å². The number of nitrogens with one attached hydrogen (secondary N) is 1. The first-order chi connectivity index (χ1) is 11.3. The maximum atomic E-state index is 12.6. The van der Waals surface area contributed by atoms with Crippen LogP contribution in [-0.2, 0) is 15.4 Å². The van der Waals surface area contributed by atoms with Crippen molar-refractivity contribution in [3.63, 3.8) is 0 Å². The fraction of sp³-hybridized carbons (Fsp3) is 0.222. The Morgan fingerprint density at radius 2 is 1.67 bits per heavy atom. The van der Waals surface area contributed by atoms with Crippen LogP contribution in [0.4, 0.5) is 0 Å². The number of H-pyrrole nitrogens is 1. The molecule has 0 radical (unpaired) electrons. The van der Waals surface area contributed by atoms with Gasteiger partial charge in [0.15, 0.2) is 0 Å². The normalized spacial score (nSPS) is 12.8. The van der Waals surface area contributed by atoms with Gasteiger partial charge in [0.25, 0.3) is 10.0 Å². The van der Waals surface area contributed by atoms with Crippen molar-refractivity contribution in [2.24, 2.45) is 0 Å². The van der Waals surface area contributed by atoms with Crippen molar-refractivity contribution in [2.75, 3.05) is 6.54 Å². The molecule has 0 fully saturated rings. The number of nitrogens with zero attached hydrogens (tertiary/aromatic N) is 1. The first kappa shape index (κ1) is 17.0. The van der Waals surface area contributed by atoms with E-state index >= 15 is 0 Å². The van der Waals surface area contributed by atoms with Crippen LogP contribution >= 0.6 is 11.8 Å². The van der Waals surface area contributed by atoms with E-state index in [2.05, 4.69) is 4.98 Å². The van der Waals surface area contributed by atoms with Crippen LogP contribution in [-0.4, -0.2) is 23.8 Å². The maximum absolute atomic E-state index is 12.6. The second kappa shape index (κ2) is 6.24. The zero-order valence-corrected chi connectivity index (χ0v) is 15.1. The van der Waals surface area contributed by atoms with E-state index in [0.29, 0.717) is 0 Å². The van der Waals surface area contributed by atoms with Crippen LogP contribution in [0.1, 0.15) is 19.4 Å². The Hall–Kier alpha value is -1.82. The minimum atomic E-state index is -3.73. The predicted molar refractivity (Wildman–Crippen MR) is 97.5 cm³/mol. The second-order valence-electron chi connectivity index (χ2n) is 6.40. The number of hydrogen-bond donors (Lipinski definition) is 1. The molecule has 0 bridgehead atoms. The number of rotatable bonds is 5. The van der Waals surface area contributed by atoms with E-state index < -0.39 is 15.4 Å². The number of halogens is 1. The van der Waals surface area contributed by atoms with Crippen LogP contribution in [0, 0.1) is 0 Å². The summed E-state index contributed by atoms with van der Waals surface area (Å²) in [4.78, 5) is 3.42. The van der Waals surface area contributed by atoms with Gasteiger partial charge in [0, 0.05) is 29.1 Å². The first-order valence-corrected chi connectivity index (χ1v) is 9.40. The van der Waals surface area contributed by atoms with Crippen LogP contribution < -0.4 is 0 Å². The van der Waals surface area contributed by atoms with Gasteiger partial charge in [-0.05, 0) is 35.5 Å². The second-order valence-corrected chi connectivity index (χ2v) is 8.87. The molecule has 0 aliphatic rings. The summed E-state index contributed by atoms with van der Waals surface area (Å²) in [6.45, 7) is 4.13. The lowest BCUT2D eigenvalue weighted by molar-refractivity contribution is 0.433. The number of benzene rings is 2. The topological polar surface area (TPSA) is 53.2 Å². The van der Waals surface area contributed by atoms with E-state index in [1.54, 1.807) is 30.3 Å². The molecule has 1 N–H and O–H groups in total. The summed E-state index contributed by atoms with van der Waals surface area (Å²) in [5.74, 6) is 0. The molecule has 0 aliphatic carbocycles. The molecule has 0 spiro atoms. The molecule has 1 aromatic heterocycles. The quantitative estimate of drug-likeness (QED) is 0.688. The van der Waals surface area contributed by atoms with Crippen LogP contribution in [0.3, 0.4) is 0 Å². The summed E-state index contributed by atoms with van der Waals surface area (Å²) in [6.07, 6.45) is 1.92. The van der Waals surface area contributed by atoms with Gasteiger partial charge in [0.2, 0.25) is 0 Å². The highest BCUT2D eigenvalue weighted by molar-refractivity contribution is 7.90. The van der Waals surface area contributed by atoms with E-state index in [4.69, 9.17) is 11.8 Å². The fourth-order valence-electron chi connectivity index (χ4n) is 2.82. The molecule has 4 nitrogen and oxygen atoms in total. The minimum Gasteiger partial charge on any atom is -0.361 e. The van der Waals surface area contributed by atoms with Crippen molar-refractivity contribution < 1.29 is 8.42 Å². The third-order valence-corrected chi connectivity index (χ3v) is 6.32. The molecule has 0 aliphatic heterocycles. The summed E-state index contributed by atoms with van der Waals surface area (Å²) in [5.41, 5.74) is 1.60. The molecular formula is C18H19ClN2O2S. The van der Waals surface area contributed by atoms with Gasteiger partial charge >= 0.3 is 0 Å². The van der Waals surface area contributed by atoms with Crippen molar-refractivity contribution in [1.82, 2.24) is 8.81 Å². The van der Waals surface area contributed by atoms with Gasteiger partial charge < -0.3 is 4.98 Å². The summed E-state index contributed by atoms with van der Waals surface area (Å²) < 4.78 is 26.2. The number of fused-ring (bicyclic) bond motifs is 1. The SMILES string of the molecule is CC(C)(CN(Cl)S(=O)(=O)c1ccccc1)c1c[nH]c2ccccc12. The van der Waals surface area contributed by atoms with Crippen molar-refractivity contribution >= 4 is 32.7 Å². The average Bonchev–Trinajstić information content (AvgIpc) is 3.00. The molecule has 6 heteroatoms. The molecule has 3 rings (SSSR count). The summed E-state index contributed by atoms with van der Waals surface area (Å²) in [7, 11) is -3.73. The van der Waals surface area contributed by atoms with Gasteiger partial charge in [-0.2, -0.15) is 0 Å². The molecule has 2 aromatic carbocycles. The standard InChI is InChI=1S/C18H19ClN2O2S/c1-18(2,16-12-20-17-11-7-6-10-15(16)17)13-21(19)24(22,23)14-8-4-3-5-9-14/h3-12,20H,13H2,1-2H3. The molecular weight excluding hydrogens is 344 g/mol. The summed E-state index contributed by atoms with van der Waals surface area (Å²) in [6, 6.07) is 16.2. The summed E-state index contributed by atoms with van der Waals surface area (Å²) >= 11 is 6.19. The van der Waals surface area contributed by atoms with Crippen molar-refractivity contribution in [1.29, 1.82) is 0 Å². The monoisotopic (exact) mass is 362 g/mol. The first-order valence-electron chi connectivity index (χ1n) is 7.62. The highest BCUT2D eigenvalue weighted by Gasteiger charge is 2.32. The Kier molecular flexibility index (Phi) is 4.42. The van der Waals surface area contributed by atoms with Gasteiger partial charge in [0.1, 0.15) is 0 Å². The van der Waals surface area contributed by atoms with Gasteiger partial charge in [-0.15, -0.1) is 3.82 Å². The molecule has 3 aromatic rings. The highest BCUT2D eigenvalue weighted by atomic mass is 35.5. The smallest absolute Gasteiger partial charge is 0.256 e. The third kappa shape index (κ3) is 3.07. The van der Waals surface area contributed by atoms with E-state index in [1.165, 1.54) is 0 Å². The number of aromatic amines is 1. The molecule has 0 unspecified atom stereocenters. The van der Waals surface area contributed by atoms with E-state index in [1.807, 2.05) is 44.3 Å². The Balaban J connectivity index is 1.92. The van der Waals surface area contributed by atoms with Crippen molar-refractivity contribution in [3.8, 4) is 0 Å². The molecule has 126 valence electrons. The van der Waals surface area contributed by atoms with Crippen molar-refractivity contribution in [2.45, 2.75) is 24.2 Å². The molecule has 0 amide bonds. The Morgan fingerprint density at radius 1 is 1.04 bits per heavy atom. The van der Waals surface area contributed by atoms with E-state index in [9.17, 15) is 8.42 Å². The van der Waals surface area contributed by atoms with Crippen LogP contribution in [0.5, 0.6) is 0 Å². The van der Waals surface area contributed by atoms with Gasteiger partial charge in [-0.1, -0.05) is 50.2 Å². The Labute approximate surface area is 147 Å². The molecule has 0 saturated carbocycles. The summed E-state index contributed by atoms with van der Waals surface area (Å²) in [5, 5.41) is 1.07. The molecule has 0 saturated heterocycles. The van der Waals surface area contributed by atoms with Crippen LogP contribution in [0.25, 0.3) is 10.9 Å². The Morgan fingerprint density at radius 3 is 2.38 bits per heavy atom. The van der Waals surface area contributed by atoms with Crippen molar-refractivity contribution in [3.05, 3.63) is 66.4 Å². The zero-order valence-electron chi connectivity index (χ0n) is 13.5. The lowest BCUT2D eigenvalue weighted by Gasteiger charge is -2.28. The number of para-hydroxylation sites is 1. The molecule has 1 heterocycles. The highest BCUT2D eigenvalue weighted by Crippen LogP contribution is 2.33. The lowest BCUT2D eigenvalue weighted by Crippen LogP contribution is -2.35. The van der Waals surface area contributed by atoms with E-state index in [0.717, 1.165) is 20.3 Å². The van der Waals surface area contributed by atoms with Gasteiger partial charge in [-0.25, -0.2) is 8.42 Å². The maximum Gasteiger partial charge on any atom is 0.256 e. The largest absolute Gasteiger partial charge is 0.361 e. The molecule has 24 heavy (non-hydrogen) atoms. The molecule has 0 atom stereocenters. The zero-order chi connectivity index (χ0) is 17.4. The third-order valence-electron chi connectivity index (χ3n) is 4.14. The lowest BCUT2D eigenvalue weighted by atomic mass is 9.85. The average molecular weight is 363 g/mol.